The van der Waals surface area contributed by atoms with Gasteiger partial charge >= 0.3 is 0 Å². The summed E-state index contributed by atoms with van der Waals surface area (Å²) >= 11 is 5.32. The topological polar surface area (TPSA) is 20.2 Å². The smallest absolute Gasteiger partial charge is 0.122 e. The molecule has 1 saturated carbocycles. The first-order valence-electron chi connectivity index (χ1n) is 3.21. The van der Waals surface area contributed by atoms with Crippen molar-refractivity contribution in [1.29, 1.82) is 0 Å². The van der Waals surface area contributed by atoms with Crippen LogP contribution in [0.5, 0.6) is 0 Å². The van der Waals surface area contributed by atoms with Gasteiger partial charge in [0.15, 0.2) is 0 Å². The summed E-state index contributed by atoms with van der Waals surface area (Å²) < 4.78 is 25.1. The van der Waals surface area contributed by atoms with Crippen LogP contribution >= 0.6 is 11.6 Å². The van der Waals surface area contributed by atoms with E-state index in [1.54, 1.807) is 0 Å². The van der Waals surface area contributed by atoms with Crippen LogP contribution < -0.4 is 0 Å². The highest BCUT2D eigenvalue weighted by molar-refractivity contribution is 6.21. The molecule has 0 heterocycles. The third-order valence-electron chi connectivity index (χ3n) is 1.69. The van der Waals surface area contributed by atoms with Gasteiger partial charge in [-0.1, -0.05) is 0 Å². The molecule has 1 rings (SSSR count). The van der Waals surface area contributed by atoms with E-state index in [0.717, 1.165) is 0 Å². The van der Waals surface area contributed by atoms with Crippen LogP contribution in [0.25, 0.3) is 0 Å². The molecule has 0 bridgehead atoms. The number of halogens is 3. The zero-order valence-corrected chi connectivity index (χ0v) is 6.06. The monoisotopic (exact) mass is 170 g/mol. The minimum atomic E-state index is -1.40. The van der Waals surface area contributed by atoms with Gasteiger partial charge in [0, 0.05) is 12.8 Å². The fourth-order valence-corrected chi connectivity index (χ4v) is 1.31. The van der Waals surface area contributed by atoms with Crippen LogP contribution in [0.15, 0.2) is 0 Å². The third kappa shape index (κ3) is 1.58. The Bertz CT molecular complexity index is 110. The Morgan fingerprint density at radius 2 is 1.60 bits per heavy atom. The molecule has 2 unspecified atom stereocenters. The van der Waals surface area contributed by atoms with Crippen molar-refractivity contribution < 1.29 is 13.9 Å². The highest BCUT2D eigenvalue weighted by atomic mass is 35.5. The van der Waals surface area contributed by atoms with Crippen LogP contribution in [-0.2, 0) is 0 Å². The molecule has 1 aliphatic rings. The van der Waals surface area contributed by atoms with Gasteiger partial charge in [-0.05, 0) is 0 Å². The molecule has 0 aromatic carbocycles. The maximum absolute atomic E-state index is 12.5. The van der Waals surface area contributed by atoms with Gasteiger partial charge in [-0.25, -0.2) is 8.78 Å². The van der Waals surface area contributed by atoms with Gasteiger partial charge in [-0.3, -0.25) is 0 Å². The number of alkyl halides is 3. The average molecular weight is 171 g/mol. The van der Waals surface area contributed by atoms with Crippen LogP contribution in [0, 0.1) is 0 Å². The lowest BCUT2D eigenvalue weighted by Gasteiger charge is -2.27. The number of rotatable bonds is 0. The van der Waals surface area contributed by atoms with E-state index < -0.39 is 23.8 Å². The van der Waals surface area contributed by atoms with E-state index in [4.69, 9.17) is 16.7 Å². The third-order valence-corrected chi connectivity index (χ3v) is 2.23. The zero-order chi connectivity index (χ0) is 7.72. The molecule has 0 spiro atoms. The van der Waals surface area contributed by atoms with Crippen LogP contribution in [-0.4, -0.2) is 28.9 Å². The van der Waals surface area contributed by atoms with Crippen molar-refractivity contribution in [1.82, 2.24) is 0 Å². The Morgan fingerprint density at radius 3 is 2.00 bits per heavy atom. The molecule has 0 aromatic rings. The van der Waals surface area contributed by atoms with E-state index in [2.05, 4.69) is 0 Å². The van der Waals surface area contributed by atoms with E-state index in [-0.39, 0.29) is 12.8 Å². The number of aliphatic hydroxyl groups is 1. The fourth-order valence-electron chi connectivity index (χ4n) is 1.10. The molecule has 0 saturated heterocycles. The lowest BCUT2D eigenvalue weighted by molar-refractivity contribution is 0.0431. The largest absolute Gasteiger partial charge is 0.393 e. The van der Waals surface area contributed by atoms with Crippen molar-refractivity contribution in [2.24, 2.45) is 0 Å². The molecule has 2 atom stereocenters. The molecule has 10 heavy (non-hydrogen) atoms. The summed E-state index contributed by atoms with van der Waals surface area (Å²) in [4.78, 5) is 0. The summed E-state index contributed by atoms with van der Waals surface area (Å²) in [7, 11) is 0. The van der Waals surface area contributed by atoms with Crippen LogP contribution in [0.3, 0.4) is 0 Å². The minimum Gasteiger partial charge on any atom is -0.393 e. The molecule has 1 fully saturated rings. The van der Waals surface area contributed by atoms with Gasteiger partial charge in [0.1, 0.15) is 12.3 Å². The van der Waals surface area contributed by atoms with E-state index in [0.29, 0.717) is 0 Å². The quantitative estimate of drug-likeness (QED) is 0.546. The van der Waals surface area contributed by atoms with Crippen molar-refractivity contribution in [2.45, 2.75) is 36.7 Å². The van der Waals surface area contributed by atoms with E-state index in [1.165, 1.54) is 0 Å². The lowest BCUT2D eigenvalue weighted by atomic mass is 9.94. The summed E-state index contributed by atoms with van der Waals surface area (Å²) in [5.74, 6) is 0. The Labute approximate surface area is 63.0 Å². The molecule has 1 aliphatic carbocycles. The van der Waals surface area contributed by atoms with E-state index >= 15 is 0 Å². The van der Waals surface area contributed by atoms with Crippen LogP contribution in [0.1, 0.15) is 12.8 Å². The van der Waals surface area contributed by atoms with Gasteiger partial charge in [-0.2, -0.15) is 0 Å². The van der Waals surface area contributed by atoms with Gasteiger partial charge in [0.2, 0.25) is 0 Å². The molecule has 60 valence electrons. The maximum atomic E-state index is 12.5. The van der Waals surface area contributed by atoms with Gasteiger partial charge in [0.05, 0.1) is 11.5 Å². The van der Waals surface area contributed by atoms with E-state index in [1.807, 2.05) is 0 Å². The molecule has 1 nitrogen and oxygen atoms in total. The predicted octanol–water partition coefficient (Wildman–Crippen LogP) is 1.42. The molecule has 0 amide bonds. The molecular weight excluding hydrogens is 162 g/mol. The number of aliphatic hydroxyl groups excluding tert-OH is 1. The Kier molecular flexibility index (Phi) is 2.47. The Morgan fingerprint density at radius 1 is 1.20 bits per heavy atom. The predicted molar refractivity (Wildman–Crippen MR) is 34.7 cm³/mol. The van der Waals surface area contributed by atoms with Crippen molar-refractivity contribution in [3.8, 4) is 0 Å². The van der Waals surface area contributed by atoms with Gasteiger partial charge in [-0.15, -0.1) is 11.6 Å². The molecule has 4 heteroatoms. The summed E-state index contributed by atoms with van der Waals surface area (Å²) in [5, 5.41) is 7.76. The van der Waals surface area contributed by atoms with E-state index in [9.17, 15) is 8.78 Å². The number of hydrogen-bond acceptors (Lipinski definition) is 1. The van der Waals surface area contributed by atoms with Crippen molar-refractivity contribution in [2.75, 3.05) is 0 Å². The van der Waals surface area contributed by atoms with Gasteiger partial charge < -0.3 is 5.11 Å². The lowest BCUT2D eigenvalue weighted by Crippen LogP contribution is -2.38. The second-order valence-electron chi connectivity index (χ2n) is 2.60. The SMILES string of the molecule is OC1CC(F)C(Cl)C(F)C1. The summed E-state index contributed by atoms with van der Waals surface area (Å²) in [6.07, 6.45) is -3.73. The minimum absolute atomic E-state index is 0.0331. The summed E-state index contributed by atoms with van der Waals surface area (Å²) in [6, 6.07) is 0. The standard InChI is InChI=1S/C6H9ClF2O/c7-6-4(8)1-3(10)2-5(6)9/h3-6,10H,1-2H2. The zero-order valence-electron chi connectivity index (χ0n) is 5.30. The van der Waals surface area contributed by atoms with Crippen LogP contribution in [0.4, 0.5) is 8.78 Å². The molecular formula is C6H9ClF2O. The fraction of sp³-hybridized carbons (Fsp3) is 1.00. The molecule has 0 radical (unpaired) electrons. The highest BCUT2D eigenvalue weighted by Crippen LogP contribution is 2.28. The molecule has 0 aliphatic heterocycles. The Hall–Kier alpha value is 0.110. The normalized spacial score (nSPS) is 49.2. The first-order chi connectivity index (χ1) is 4.61. The van der Waals surface area contributed by atoms with Crippen molar-refractivity contribution in [3.63, 3.8) is 0 Å². The highest BCUT2D eigenvalue weighted by Gasteiger charge is 2.36. The molecule has 1 N–H and O–H groups in total. The first kappa shape index (κ1) is 8.21. The summed E-state index contributed by atoms with van der Waals surface area (Å²) in [5.41, 5.74) is 0. The first-order valence-corrected chi connectivity index (χ1v) is 3.65. The van der Waals surface area contributed by atoms with Crippen LogP contribution in [0.2, 0.25) is 0 Å². The summed E-state index contributed by atoms with van der Waals surface area (Å²) in [6.45, 7) is 0. The maximum Gasteiger partial charge on any atom is 0.122 e. The van der Waals surface area contributed by atoms with Crippen molar-refractivity contribution >= 4 is 11.6 Å². The number of hydrogen-bond donors (Lipinski definition) is 1. The van der Waals surface area contributed by atoms with Crippen molar-refractivity contribution in [3.05, 3.63) is 0 Å². The molecule has 0 aromatic heterocycles. The second kappa shape index (κ2) is 3.01. The Balaban J connectivity index is 2.49. The second-order valence-corrected chi connectivity index (χ2v) is 3.11. The average Bonchev–Trinajstić information content (AvgIpc) is 1.82. The van der Waals surface area contributed by atoms with Gasteiger partial charge in [0.25, 0.3) is 0 Å².